The Kier molecular flexibility index (Phi) is 34.5. The number of hydrogen-bond acceptors (Lipinski definition) is 11. The number of carbonyl (C=O) groups is 3. The molecule has 0 heterocycles. The number of esters is 2. The summed E-state index contributed by atoms with van der Waals surface area (Å²) < 4.78 is 34.0. The number of unbranched alkanes of at least 4 members (excludes halogenated alkanes) is 17. The Balaban J connectivity index is 2.41. The quantitative estimate of drug-likeness (QED) is 0.0197. The average Bonchev–Trinajstić information content (AvgIpc) is 3.50. The Morgan fingerprint density at radius 3 is 1.94 bits per heavy atom. The first-order valence-corrected chi connectivity index (χ1v) is 26.3. The molecule has 1 aliphatic carbocycles. The van der Waals surface area contributed by atoms with E-state index in [1.807, 2.05) is 27.2 Å². The third-order valence-corrected chi connectivity index (χ3v) is 12.5. The van der Waals surface area contributed by atoms with Crippen LogP contribution in [0.4, 0.5) is 0 Å². The largest absolute Gasteiger partial charge is 0.756 e. The second-order valence-corrected chi connectivity index (χ2v) is 20.0. The third-order valence-electron chi connectivity index (χ3n) is 11.5. The van der Waals surface area contributed by atoms with Gasteiger partial charge in [0.25, 0.3) is 7.82 Å². The molecule has 366 valence electrons. The van der Waals surface area contributed by atoms with Crippen LogP contribution in [0, 0.1) is 11.8 Å². The van der Waals surface area contributed by atoms with Gasteiger partial charge in [-0.15, -0.1) is 0 Å². The summed E-state index contributed by atoms with van der Waals surface area (Å²) >= 11 is 0. The smallest absolute Gasteiger partial charge is 0.306 e. The van der Waals surface area contributed by atoms with Crippen molar-refractivity contribution in [2.45, 2.75) is 206 Å². The highest BCUT2D eigenvalue weighted by atomic mass is 31.2. The number of aliphatic hydroxyl groups excluding tert-OH is 2. The maximum Gasteiger partial charge on any atom is 0.306 e. The van der Waals surface area contributed by atoms with Gasteiger partial charge in [-0.2, -0.15) is 0 Å². The van der Waals surface area contributed by atoms with Crippen molar-refractivity contribution in [2.75, 3.05) is 47.5 Å². The molecule has 0 aliphatic heterocycles. The first-order chi connectivity index (χ1) is 30.2. The molecule has 0 spiro atoms. The summed E-state index contributed by atoms with van der Waals surface area (Å²) in [5, 5.41) is 20.8. The van der Waals surface area contributed by atoms with E-state index >= 15 is 0 Å². The highest BCUT2D eigenvalue weighted by Crippen LogP contribution is 2.38. The molecule has 0 amide bonds. The highest BCUT2D eigenvalue weighted by Gasteiger charge is 2.39. The molecular formula is C50H90NO11P. The number of hydrogen-bond donors (Lipinski definition) is 2. The molecule has 1 aliphatic rings. The topological polar surface area (TPSA) is 169 Å². The van der Waals surface area contributed by atoms with Crippen LogP contribution in [-0.4, -0.2) is 98.2 Å². The van der Waals surface area contributed by atoms with Crippen molar-refractivity contribution in [1.29, 1.82) is 0 Å². The molecule has 2 N–H and O–H groups in total. The highest BCUT2D eigenvalue weighted by molar-refractivity contribution is 7.45. The number of phosphoric ester groups is 1. The summed E-state index contributed by atoms with van der Waals surface area (Å²) in [6, 6.07) is 0. The molecule has 13 heteroatoms. The SMILES string of the molecule is CCCCC/C=C\C/C=C\CCCCCCCCCCCC(=O)O[C@H](COC(=O)CCCCCC[C@H]1C(=O)C[C@@H](O)[C@@H]1/C=C/[C@@H](O)CCCCC)COP(=O)([O-])OCC[N+](C)(C)C. The fraction of sp³-hybridized carbons (Fsp3) is 0.820. The van der Waals surface area contributed by atoms with Crippen molar-refractivity contribution < 1.29 is 57.1 Å². The number of quaternary nitrogens is 1. The monoisotopic (exact) mass is 912 g/mol. The van der Waals surface area contributed by atoms with E-state index in [1.54, 1.807) is 6.08 Å². The van der Waals surface area contributed by atoms with Gasteiger partial charge in [0, 0.05) is 31.1 Å². The van der Waals surface area contributed by atoms with Gasteiger partial charge < -0.3 is 38.1 Å². The zero-order valence-corrected chi connectivity index (χ0v) is 41.1. The molecule has 0 saturated heterocycles. The molecule has 0 aromatic carbocycles. The zero-order valence-electron chi connectivity index (χ0n) is 40.2. The fourth-order valence-corrected chi connectivity index (χ4v) is 8.31. The summed E-state index contributed by atoms with van der Waals surface area (Å²) in [5.41, 5.74) is 0. The molecule has 0 bridgehead atoms. The Labute approximate surface area is 382 Å². The predicted octanol–water partition coefficient (Wildman–Crippen LogP) is 10.4. The maximum atomic E-state index is 12.8. The standard InChI is InChI=1S/C50H90NO11P/c1-6-8-10-11-12-13-14-15-16-17-18-19-20-21-22-23-24-25-31-35-50(56)62-44(42-61-63(57,58)60-39-38-51(3,4)5)41-59-49(55)34-30-27-26-29-33-45-46(48(54)40-47(45)53)37-36-43(52)32-28-9-7-2/h12-13,15-16,36-37,43-46,48,52,54H,6-11,14,17-35,38-42H2,1-5H3/b13-12-,16-15-,37-36+/t43-,44+,45+,46+,48+/m0/s1. The van der Waals surface area contributed by atoms with Crippen LogP contribution < -0.4 is 4.89 Å². The van der Waals surface area contributed by atoms with Crippen LogP contribution >= 0.6 is 7.82 Å². The summed E-state index contributed by atoms with van der Waals surface area (Å²) in [5.74, 6) is -1.52. The summed E-state index contributed by atoms with van der Waals surface area (Å²) in [6.45, 7) is 3.84. The van der Waals surface area contributed by atoms with Gasteiger partial charge in [0.2, 0.25) is 0 Å². The first kappa shape index (κ1) is 58.8. The number of carbonyl (C=O) groups excluding carboxylic acids is 3. The van der Waals surface area contributed by atoms with Gasteiger partial charge in [0.05, 0.1) is 40.0 Å². The predicted molar refractivity (Wildman–Crippen MR) is 251 cm³/mol. The van der Waals surface area contributed by atoms with E-state index in [2.05, 4.69) is 38.2 Å². The van der Waals surface area contributed by atoms with Crippen LogP contribution in [-0.2, 0) is 37.5 Å². The zero-order chi connectivity index (χ0) is 46.6. The molecule has 0 aromatic rings. The summed E-state index contributed by atoms with van der Waals surface area (Å²) in [6.07, 6.45) is 34.9. The minimum absolute atomic E-state index is 0.0484. The van der Waals surface area contributed by atoms with Gasteiger partial charge in [-0.05, 0) is 57.8 Å². The molecule has 6 atom stereocenters. The van der Waals surface area contributed by atoms with Crippen molar-refractivity contribution in [1.82, 2.24) is 0 Å². The number of ether oxygens (including phenoxy) is 2. The lowest BCUT2D eigenvalue weighted by Gasteiger charge is -2.28. The number of allylic oxidation sites excluding steroid dienone is 4. The second kappa shape index (κ2) is 37.0. The third kappa shape index (κ3) is 33.9. The Morgan fingerprint density at radius 2 is 1.32 bits per heavy atom. The number of phosphoric acid groups is 1. The van der Waals surface area contributed by atoms with Crippen LogP contribution in [0.25, 0.3) is 0 Å². The van der Waals surface area contributed by atoms with Gasteiger partial charge in [0.15, 0.2) is 6.10 Å². The van der Waals surface area contributed by atoms with E-state index in [9.17, 15) is 34.1 Å². The van der Waals surface area contributed by atoms with Gasteiger partial charge >= 0.3 is 11.9 Å². The average molecular weight is 912 g/mol. The van der Waals surface area contributed by atoms with Crippen molar-refractivity contribution in [3.8, 4) is 0 Å². The molecule has 0 aromatic heterocycles. The summed E-state index contributed by atoms with van der Waals surface area (Å²) in [7, 11) is 1.03. The number of Topliss-reactive ketones (excluding diaryl/α,β-unsaturated/α-hetero) is 1. The second-order valence-electron chi connectivity index (χ2n) is 18.6. The molecule has 0 radical (unpaired) electrons. The minimum atomic E-state index is -4.69. The lowest BCUT2D eigenvalue weighted by molar-refractivity contribution is -0.870. The number of ketones is 1. The molecule has 1 saturated carbocycles. The normalized spacial score (nSPS) is 19.0. The van der Waals surface area contributed by atoms with Gasteiger partial charge in [0.1, 0.15) is 25.5 Å². The maximum absolute atomic E-state index is 12.8. The van der Waals surface area contributed by atoms with Crippen molar-refractivity contribution in [3.63, 3.8) is 0 Å². The number of nitrogens with zero attached hydrogens (tertiary/aromatic N) is 1. The minimum Gasteiger partial charge on any atom is -0.756 e. The number of aliphatic hydroxyl groups is 2. The molecule has 63 heavy (non-hydrogen) atoms. The van der Waals surface area contributed by atoms with E-state index in [4.69, 9.17) is 18.5 Å². The van der Waals surface area contributed by atoms with Crippen molar-refractivity contribution in [3.05, 3.63) is 36.5 Å². The Bertz CT molecular complexity index is 1330. The van der Waals surface area contributed by atoms with E-state index in [0.29, 0.717) is 36.7 Å². The van der Waals surface area contributed by atoms with Crippen LogP contribution in [0.15, 0.2) is 36.5 Å². The number of rotatable bonds is 41. The molecule has 12 nitrogen and oxygen atoms in total. The lowest BCUT2D eigenvalue weighted by atomic mass is 9.88. The van der Waals surface area contributed by atoms with Crippen LogP contribution in [0.5, 0.6) is 0 Å². The van der Waals surface area contributed by atoms with Crippen LogP contribution in [0.3, 0.4) is 0 Å². The van der Waals surface area contributed by atoms with Gasteiger partial charge in [-0.25, -0.2) is 0 Å². The van der Waals surface area contributed by atoms with E-state index in [1.165, 1.54) is 57.8 Å². The van der Waals surface area contributed by atoms with Crippen LogP contribution in [0.1, 0.15) is 187 Å². The van der Waals surface area contributed by atoms with Crippen molar-refractivity contribution >= 4 is 25.5 Å². The lowest BCUT2D eigenvalue weighted by Crippen LogP contribution is -2.37. The Morgan fingerprint density at radius 1 is 0.762 bits per heavy atom. The fourth-order valence-electron chi connectivity index (χ4n) is 7.58. The molecular weight excluding hydrogens is 822 g/mol. The number of likely N-dealkylation sites (N-methyl/N-ethyl adjacent to an activating group) is 1. The van der Waals surface area contributed by atoms with Crippen molar-refractivity contribution in [2.24, 2.45) is 11.8 Å². The van der Waals surface area contributed by atoms with Gasteiger partial charge in [-0.3, -0.25) is 18.9 Å². The van der Waals surface area contributed by atoms with E-state index < -0.39 is 44.7 Å². The van der Waals surface area contributed by atoms with E-state index in [0.717, 1.165) is 70.6 Å². The molecule has 1 unspecified atom stereocenters. The Hall–Kier alpha value is -2.18. The van der Waals surface area contributed by atoms with Gasteiger partial charge in [-0.1, -0.05) is 147 Å². The van der Waals surface area contributed by atoms with Crippen LogP contribution in [0.2, 0.25) is 0 Å². The molecule has 1 rings (SSSR count). The summed E-state index contributed by atoms with van der Waals surface area (Å²) in [4.78, 5) is 50.5. The molecule has 1 fully saturated rings. The first-order valence-electron chi connectivity index (χ1n) is 24.8. The van der Waals surface area contributed by atoms with E-state index in [-0.39, 0.29) is 50.1 Å².